The molecule has 0 atom stereocenters. The molecule has 1 aliphatic heterocycles. The molecule has 0 aliphatic carbocycles. The van der Waals surface area contributed by atoms with Gasteiger partial charge in [0.15, 0.2) is 0 Å². The Hall–Kier alpha value is -1.38. The van der Waals surface area contributed by atoms with Gasteiger partial charge in [-0.2, -0.15) is 5.26 Å². The molecule has 1 heterocycles. The average Bonchev–Trinajstić information content (AvgIpc) is 2.49. The second-order valence-electron chi connectivity index (χ2n) is 5.04. The Bertz CT molecular complexity index is 545. The number of nitrogens with one attached hydrogen (secondary N) is 1. The van der Waals surface area contributed by atoms with Crippen molar-refractivity contribution in [1.29, 1.82) is 5.26 Å². The third kappa shape index (κ3) is 3.02. The molecule has 1 aliphatic rings. The van der Waals surface area contributed by atoms with Crippen molar-refractivity contribution in [2.45, 2.75) is 26.3 Å². The van der Waals surface area contributed by atoms with Crippen LogP contribution >= 0.6 is 15.9 Å². The number of nitriles is 1. The topological polar surface area (TPSA) is 62.1 Å². The highest BCUT2D eigenvalue weighted by atomic mass is 79.9. The van der Waals surface area contributed by atoms with Crippen LogP contribution in [0.1, 0.15) is 24.0 Å². The summed E-state index contributed by atoms with van der Waals surface area (Å²) in [6, 6.07) is 8.09. The van der Waals surface area contributed by atoms with Gasteiger partial charge in [0, 0.05) is 24.2 Å². The molecule has 0 unspecified atom stereocenters. The number of rotatable bonds is 3. The smallest absolute Gasteiger partial charge is 0.240 e. The van der Waals surface area contributed by atoms with E-state index in [-0.39, 0.29) is 5.91 Å². The predicted octanol–water partition coefficient (Wildman–Crippen LogP) is 2.69. The first kappa shape index (κ1) is 15.0. The Morgan fingerprint density at radius 1 is 1.50 bits per heavy atom. The number of nitrogens with zero attached hydrogens (tertiary/aromatic N) is 1. The highest BCUT2D eigenvalue weighted by Gasteiger charge is 2.40. The fourth-order valence-electron chi connectivity index (χ4n) is 2.30. The summed E-state index contributed by atoms with van der Waals surface area (Å²) in [4.78, 5) is 12.3. The van der Waals surface area contributed by atoms with Crippen molar-refractivity contribution < 1.29 is 9.53 Å². The zero-order valence-corrected chi connectivity index (χ0v) is 13.0. The van der Waals surface area contributed by atoms with E-state index in [1.165, 1.54) is 0 Å². The van der Waals surface area contributed by atoms with Gasteiger partial charge in [-0.15, -0.1) is 0 Å². The number of carbonyl (C=O) groups excluding carboxylic acids is 1. The Morgan fingerprint density at radius 3 is 2.85 bits per heavy atom. The molecule has 1 N–H and O–H groups in total. The van der Waals surface area contributed by atoms with Gasteiger partial charge in [-0.25, -0.2) is 0 Å². The van der Waals surface area contributed by atoms with Gasteiger partial charge in [0.2, 0.25) is 5.91 Å². The SMILES string of the molecule is Cc1cccc(CNC(=O)C2(C#N)CCOCC2)c1Br. The first-order valence-corrected chi connectivity index (χ1v) is 7.40. The van der Waals surface area contributed by atoms with Gasteiger partial charge in [-0.05, 0) is 30.9 Å². The normalized spacial score (nSPS) is 17.2. The lowest BCUT2D eigenvalue weighted by atomic mass is 9.81. The van der Waals surface area contributed by atoms with Crippen LogP contribution in [0.4, 0.5) is 0 Å². The number of benzene rings is 1. The highest BCUT2D eigenvalue weighted by molar-refractivity contribution is 9.10. The lowest BCUT2D eigenvalue weighted by molar-refractivity contribution is -0.132. The number of halogens is 1. The van der Waals surface area contributed by atoms with Gasteiger partial charge in [0.25, 0.3) is 0 Å². The molecule has 2 rings (SSSR count). The summed E-state index contributed by atoms with van der Waals surface area (Å²) < 4.78 is 6.23. The van der Waals surface area contributed by atoms with E-state index in [0.717, 1.165) is 15.6 Å². The molecule has 0 radical (unpaired) electrons. The molecule has 1 amide bonds. The van der Waals surface area contributed by atoms with E-state index in [4.69, 9.17) is 4.74 Å². The van der Waals surface area contributed by atoms with E-state index in [1.807, 2.05) is 25.1 Å². The zero-order chi connectivity index (χ0) is 14.6. The maximum atomic E-state index is 12.3. The molecule has 1 aromatic rings. The van der Waals surface area contributed by atoms with Crippen LogP contribution in [0.25, 0.3) is 0 Å². The second-order valence-corrected chi connectivity index (χ2v) is 5.83. The van der Waals surface area contributed by atoms with Crippen LogP contribution in [-0.2, 0) is 16.1 Å². The second kappa shape index (κ2) is 6.38. The van der Waals surface area contributed by atoms with Gasteiger partial charge in [0.05, 0.1) is 6.07 Å². The lowest BCUT2D eigenvalue weighted by Gasteiger charge is -2.29. The summed E-state index contributed by atoms with van der Waals surface area (Å²) in [5.74, 6) is -0.197. The van der Waals surface area contributed by atoms with Crippen LogP contribution in [0.2, 0.25) is 0 Å². The Labute approximate surface area is 127 Å². The fourth-order valence-corrected chi connectivity index (χ4v) is 2.70. The third-order valence-corrected chi connectivity index (χ3v) is 4.84. The maximum Gasteiger partial charge on any atom is 0.240 e. The molecular formula is C15H17BrN2O2. The van der Waals surface area contributed by atoms with Crippen LogP contribution in [0.5, 0.6) is 0 Å². The van der Waals surface area contributed by atoms with Crippen LogP contribution in [0.15, 0.2) is 22.7 Å². The van der Waals surface area contributed by atoms with E-state index in [9.17, 15) is 10.1 Å². The van der Waals surface area contributed by atoms with Crippen molar-refractivity contribution in [1.82, 2.24) is 5.32 Å². The molecule has 1 saturated heterocycles. The van der Waals surface area contributed by atoms with Crippen LogP contribution in [0, 0.1) is 23.7 Å². The summed E-state index contributed by atoms with van der Waals surface area (Å²) >= 11 is 3.52. The van der Waals surface area contributed by atoms with E-state index in [1.54, 1.807) is 0 Å². The summed E-state index contributed by atoms with van der Waals surface area (Å²) in [5.41, 5.74) is 1.20. The van der Waals surface area contributed by atoms with Gasteiger partial charge >= 0.3 is 0 Å². The largest absolute Gasteiger partial charge is 0.381 e. The number of hydrogen-bond donors (Lipinski definition) is 1. The highest BCUT2D eigenvalue weighted by Crippen LogP contribution is 2.30. The number of aryl methyl sites for hydroxylation is 1. The number of amides is 1. The van der Waals surface area contributed by atoms with E-state index < -0.39 is 5.41 Å². The van der Waals surface area contributed by atoms with Crippen molar-refractivity contribution >= 4 is 21.8 Å². The van der Waals surface area contributed by atoms with E-state index in [0.29, 0.717) is 32.6 Å². The Morgan fingerprint density at radius 2 is 2.20 bits per heavy atom. The quantitative estimate of drug-likeness (QED) is 0.922. The summed E-state index contributed by atoms with van der Waals surface area (Å²) in [6.45, 7) is 3.36. The lowest BCUT2D eigenvalue weighted by Crippen LogP contribution is -2.43. The molecule has 0 aromatic heterocycles. The van der Waals surface area contributed by atoms with Crippen LogP contribution in [0.3, 0.4) is 0 Å². The minimum Gasteiger partial charge on any atom is -0.381 e. The maximum absolute atomic E-state index is 12.3. The number of ether oxygens (including phenoxy) is 1. The van der Waals surface area contributed by atoms with Crippen molar-refractivity contribution in [3.63, 3.8) is 0 Å². The first-order chi connectivity index (χ1) is 9.59. The van der Waals surface area contributed by atoms with Crippen molar-refractivity contribution in [2.24, 2.45) is 5.41 Å². The minimum atomic E-state index is -0.936. The van der Waals surface area contributed by atoms with Gasteiger partial charge in [-0.1, -0.05) is 34.1 Å². The first-order valence-electron chi connectivity index (χ1n) is 6.60. The van der Waals surface area contributed by atoms with Crippen LogP contribution in [-0.4, -0.2) is 19.1 Å². The summed E-state index contributed by atoms with van der Waals surface area (Å²) in [5, 5.41) is 12.2. The van der Waals surface area contributed by atoms with Gasteiger partial charge in [-0.3, -0.25) is 4.79 Å². The predicted molar refractivity (Wildman–Crippen MR) is 78.8 cm³/mol. The van der Waals surface area contributed by atoms with E-state index in [2.05, 4.69) is 27.3 Å². The molecule has 1 fully saturated rings. The van der Waals surface area contributed by atoms with Gasteiger partial charge < -0.3 is 10.1 Å². The van der Waals surface area contributed by atoms with E-state index >= 15 is 0 Å². The van der Waals surface area contributed by atoms with Crippen molar-refractivity contribution in [2.75, 3.05) is 13.2 Å². The average molecular weight is 337 g/mol. The molecule has 0 bridgehead atoms. The molecule has 0 spiro atoms. The minimum absolute atomic E-state index is 0.197. The van der Waals surface area contributed by atoms with Crippen LogP contribution < -0.4 is 5.32 Å². The number of carbonyl (C=O) groups is 1. The summed E-state index contributed by atoms with van der Waals surface area (Å²) in [6.07, 6.45) is 0.925. The monoisotopic (exact) mass is 336 g/mol. The summed E-state index contributed by atoms with van der Waals surface area (Å²) in [7, 11) is 0. The molecular weight excluding hydrogens is 320 g/mol. The molecule has 106 valence electrons. The number of hydrogen-bond acceptors (Lipinski definition) is 3. The molecule has 1 aromatic carbocycles. The third-order valence-electron chi connectivity index (χ3n) is 3.71. The van der Waals surface area contributed by atoms with Gasteiger partial charge in [0.1, 0.15) is 5.41 Å². The fraction of sp³-hybridized carbons (Fsp3) is 0.467. The zero-order valence-electron chi connectivity index (χ0n) is 11.4. The molecule has 5 heteroatoms. The van der Waals surface area contributed by atoms with Crippen molar-refractivity contribution in [3.05, 3.63) is 33.8 Å². The standard InChI is InChI=1S/C15H17BrN2O2/c1-11-3-2-4-12(13(11)16)9-18-14(19)15(10-17)5-7-20-8-6-15/h2-4H,5-9H2,1H3,(H,18,19). The van der Waals surface area contributed by atoms with Crippen molar-refractivity contribution in [3.8, 4) is 6.07 Å². The Balaban J connectivity index is 2.05. The molecule has 0 saturated carbocycles. The molecule has 4 nitrogen and oxygen atoms in total. The Kier molecular flexibility index (Phi) is 4.79. The molecule has 20 heavy (non-hydrogen) atoms.